The molecule has 0 saturated heterocycles. The van der Waals surface area contributed by atoms with Gasteiger partial charge in [0.25, 0.3) is 0 Å². The summed E-state index contributed by atoms with van der Waals surface area (Å²) in [6, 6.07) is 4.54. The average Bonchev–Trinajstić information content (AvgIpc) is 2.76. The molecule has 0 spiro atoms. The van der Waals surface area contributed by atoms with Gasteiger partial charge in [-0.15, -0.1) is 0 Å². The lowest BCUT2D eigenvalue weighted by Crippen LogP contribution is -1.96. The van der Waals surface area contributed by atoms with Crippen LogP contribution < -0.4 is 4.74 Å². The van der Waals surface area contributed by atoms with Gasteiger partial charge in [-0.2, -0.15) is 5.10 Å². The van der Waals surface area contributed by atoms with E-state index in [-0.39, 0.29) is 5.82 Å². The van der Waals surface area contributed by atoms with Crippen LogP contribution in [0.15, 0.2) is 35.1 Å². The Balaban J connectivity index is 2.02. The molecule has 0 amide bonds. The summed E-state index contributed by atoms with van der Waals surface area (Å²) >= 11 is 3.30. The number of hydrogen-bond donors (Lipinski definition) is 0. The summed E-state index contributed by atoms with van der Waals surface area (Å²) in [6.45, 7) is 3.20. The number of rotatable bonds is 4. The molecule has 0 fully saturated rings. The van der Waals surface area contributed by atoms with E-state index in [2.05, 4.69) is 21.0 Å². The average molecular weight is 299 g/mol. The summed E-state index contributed by atoms with van der Waals surface area (Å²) in [4.78, 5) is 0. The zero-order valence-electron chi connectivity index (χ0n) is 9.36. The number of benzene rings is 1. The number of halogens is 2. The van der Waals surface area contributed by atoms with E-state index < -0.39 is 0 Å². The summed E-state index contributed by atoms with van der Waals surface area (Å²) in [5, 5.41) is 4.10. The van der Waals surface area contributed by atoms with Gasteiger partial charge in [0.15, 0.2) is 5.75 Å². The van der Waals surface area contributed by atoms with Crippen molar-refractivity contribution in [2.45, 2.75) is 20.1 Å². The van der Waals surface area contributed by atoms with Crippen LogP contribution in [0, 0.1) is 5.82 Å². The molecule has 90 valence electrons. The number of hydrogen-bond acceptors (Lipinski definition) is 2. The van der Waals surface area contributed by atoms with E-state index in [1.54, 1.807) is 16.9 Å². The van der Waals surface area contributed by atoms with Gasteiger partial charge >= 0.3 is 0 Å². The number of ether oxygens (including phenoxy) is 1. The van der Waals surface area contributed by atoms with Gasteiger partial charge in [0.2, 0.25) is 0 Å². The third-order valence-corrected chi connectivity index (χ3v) is 3.08. The monoisotopic (exact) mass is 298 g/mol. The van der Waals surface area contributed by atoms with E-state index >= 15 is 0 Å². The second kappa shape index (κ2) is 5.31. The Hall–Kier alpha value is -1.36. The van der Waals surface area contributed by atoms with Crippen LogP contribution in [0.25, 0.3) is 0 Å². The van der Waals surface area contributed by atoms with Crippen LogP contribution in [-0.4, -0.2) is 9.78 Å². The first-order chi connectivity index (χ1) is 8.19. The summed E-state index contributed by atoms with van der Waals surface area (Å²) in [5.41, 5.74) is 0.899. The van der Waals surface area contributed by atoms with Crippen LogP contribution in [0.5, 0.6) is 5.75 Å². The molecular formula is C12H12BrFN2O. The summed E-state index contributed by atoms with van der Waals surface area (Å²) in [6.07, 6.45) is 3.50. The summed E-state index contributed by atoms with van der Waals surface area (Å²) in [7, 11) is 0. The van der Waals surface area contributed by atoms with Crippen LogP contribution in [0.4, 0.5) is 4.39 Å². The van der Waals surface area contributed by atoms with E-state index in [4.69, 9.17) is 4.74 Å². The number of aromatic nitrogens is 2. The second-order valence-electron chi connectivity index (χ2n) is 3.56. The Kier molecular flexibility index (Phi) is 3.78. The summed E-state index contributed by atoms with van der Waals surface area (Å²) < 4.78 is 20.9. The van der Waals surface area contributed by atoms with Crippen molar-refractivity contribution in [2.24, 2.45) is 0 Å². The first kappa shape index (κ1) is 12.1. The van der Waals surface area contributed by atoms with Gasteiger partial charge in [-0.05, 0) is 19.1 Å². The third-order valence-electron chi connectivity index (χ3n) is 2.34. The van der Waals surface area contributed by atoms with Gasteiger partial charge in [-0.3, -0.25) is 4.68 Å². The van der Waals surface area contributed by atoms with Gasteiger partial charge in [0.1, 0.15) is 12.4 Å². The zero-order chi connectivity index (χ0) is 12.3. The van der Waals surface area contributed by atoms with Crippen molar-refractivity contribution < 1.29 is 9.13 Å². The molecule has 0 radical (unpaired) electrons. The van der Waals surface area contributed by atoms with E-state index in [0.717, 1.165) is 12.1 Å². The molecule has 0 unspecified atom stereocenters. The SMILES string of the molecule is CCn1cc(OCc2ccc(F)cc2Br)cn1. The fourth-order valence-electron chi connectivity index (χ4n) is 1.39. The fraction of sp³-hybridized carbons (Fsp3) is 0.250. The van der Waals surface area contributed by atoms with Crippen molar-refractivity contribution in [1.29, 1.82) is 0 Å². The fourth-order valence-corrected chi connectivity index (χ4v) is 1.86. The molecule has 3 nitrogen and oxygen atoms in total. The van der Waals surface area contributed by atoms with Crippen LogP contribution in [0.1, 0.15) is 12.5 Å². The lowest BCUT2D eigenvalue weighted by Gasteiger charge is -2.05. The van der Waals surface area contributed by atoms with Crippen LogP contribution in [0.2, 0.25) is 0 Å². The smallest absolute Gasteiger partial charge is 0.157 e. The highest BCUT2D eigenvalue weighted by Crippen LogP contribution is 2.20. The Bertz CT molecular complexity index is 513. The molecule has 2 rings (SSSR count). The molecule has 17 heavy (non-hydrogen) atoms. The van der Waals surface area contributed by atoms with E-state index in [9.17, 15) is 4.39 Å². The molecule has 0 bridgehead atoms. The van der Waals surface area contributed by atoms with Gasteiger partial charge in [0, 0.05) is 16.6 Å². The Morgan fingerprint density at radius 2 is 2.29 bits per heavy atom. The highest BCUT2D eigenvalue weighted by atomic mass is 79.9. The molecule has 1 heterocycles. The predicted octanol–water partition coefficient (Wildman–Crippen LogP) is 3.38. The standard InChI is InChI=1S/C12H12BrFN2O/c1-2-16-7-11(6-15-16)17-8-9-3-4-10(14)5-12(9)13/h3-7H,2,8H2,1H3. The minimum absolute atomic E-state index is 0.264. The molecule has 0 saturated carbocycles. The third kappa shape index (κ3) is 3.06. The molecule has 0 atom stereocenters. The first-order valence-corrected chi connectivity index (χ1v) is 6.07. The normalized spacial score (nSPS) is 10.5. The Morgan fingerprint density at radius 1 is 1.47 bits per heavy atom. The maximum Gasteiger partial charge on any atom is 0.157 e. The predicted molar refractivity (Wildman–Crippen MR) is 66.3 cm³/mol. The van der Waals surface area contributed by atoms with Crippen molar-refractivity contribution in [3.05, 3.63) is 46.4 Å². The maximum absolute atomic E-state index is 12.9. The van der Waals surface area contributed by atoms with Gasteiger partial charge in [-0.25, -0.2) is 4.39 Å². The highest BCUT2D eigenvalue weighted by molar-refractivity contribution is 9.10. The van der Waals surface area contributed by atoms with E-state index in [1.165, 1.54) is 12.1 Å². The highest BCUT2D eigenvalue weighted by Gasteiger charge is 2.04. The minimum Gasteiger partial charge on any atom is -0.486 e. The van der Waals surface area contributed by atoms with Crippen molar-refractivity contribution in [3.8, 4) is 5.75 Å². The molecule has 0 aliphatic rings. The lowest BCUT2D eigenvalue weighted by atomic mass is 10.2. The number of aryl methyl sites for hydroxylation is 1. The first-order valence-electron chi connectivity index (χ1n) is 5.28. The summed E-state index contributed by atoms with van der Waals surface area (Å²) in [5.74, 6) is 0.447. The largest absolute Gasteiger partial charge is 0.486 e. The lowest BCUT2D eigenvalue weighted by molar-refractivity contribution is 0.305. The van der Waals surface area contributed by atoms with E-state index in [1.807, 2.05) is 13.1 Å². The van der Waals surface area contributed by atoms with Crippen molar-refractivity contribution in [1.82, 2.24) is 9.78 Å². The minimum atomic E-state index is -0.264. The van der Waals surface area contributed by atoms with Crippen molar-refractivity contribution in [2.75, 3.05) is 0 Å². The molecule has 2 aromatic rings. The van der Waals surface area contributed by atoms with Gasteiger partial charge in [-0.1, -0.05) is 22.0 Å². The molecule has 0 aliphatic heterocycles. The quantitative estimate of drug-likeness (QED) is 0.865. The topological polar surface area (TPSA) is 27.1 Å². The molecule has 0 aliphatic carbocycles. The van der Waals surface area contributed by atoms with Crippen molar-refractivity contribution in [3.63, 3.8) is 0 Å². The van der Waals surface area contributed by atoms with Crippen LogP contribution in [0.3, 0.4) is 0 Å². The maximum atomic E-state index is 12.9. The molecule has 1 aromatic carbocycles. The zero-order valence-corrected chi connectivity index (χ0v) is 10.9. The van der Waals surface area contributed by atoms with Crippen LogP contribution in [-0.2, 0) is 13.2 Å². The Morgan fingerprint density at radius 3 is 2.94 bits per heavy atom. The Labute approximate surface area is 107 Å². The van der Waals surface area contributed by atoms with Crippen molar-refractivity contribution >= 4 is 15.9 Å². The molecular weight excluding hydrogens is 287 g/mol. The number of nitrogens with zero attached hydrogens (tertiary/aromatic N) is 2. The molecule has 1 aromatic heterocycles. The van der Waals surface area contributed by atoms with Gasteiger partial charge in [0.05, 0.1) is 12.4 Å². The molecule has 0 N–H and O–H groups in total. The van der Waals surface area contributed by atoms with Crippen LogP contribution >= 0.6 is 15.9 Å². The van der Waals surface area contributed by atoms with E-state index in [0.29, 0.717) is 16.8 Å². The molecule has 5 heteroatoms. The second-order valence-corrected chi connectivity index (χ2v) is 4.41. The van der Waals surface area contributed by atoms with Gasteiger partial charge < -0.3 is 4.74 Å².